The predicted octanol–water partition coefficient (Wildman–Crippen LogP) is 11.6. The second kappa shape index (κ2) is 12.5. The number of hydrogen-bond acceptors (Lipinski definition) is 2. The van der Waals surface area contributed by atoms with Gasteiger partial charge in [-0.25, -0.2) is 4.98 Å². The maximum absolute atomic E-state index is 14.4. The second-order valence-corrected chi connectivity index (χ2v) is 11.7. The molecular weight excluding hydrogens is 593 g/mol. The maximum Gasteiger partial charge on any atom is 0.174 e. The molecular formula is C41H27Cl2NO. The number of fused-ring (bicyclic) bond motifs is 1. The summed E-state index contributed by atoms with van der Waals surface area (Å²) < 4.78 is 0. The molecule has 0 fully saturated rings. The molecule has 216 valence electrons. The number of nitrogens with zero attached hydrogens (tertiary/aromatic N) is 1. The van der Waals surface area contributed by atoms with E-state index in [9.17, 15) is 4.79 Å². The maximum atomic E-state index is 14.4. The Hall–Kier alpha value is -5.02. The summed E-state index contributed by atoms with van der Waals surface area (Å²) in [6.07, 6.45) is 0. The number of hydrogen-bond donors (Lipinski definition) is 0. The van der Waals surface area contributed by atoms with Crippen LogP contribution in [0.25, 0.3) is 44.4 Å². The fourth-order valence-corrected chi connectivity index (χ4v) is 6.70. The number of halogens is 2. The third-order valence-electron chi connectivity index (χ3n) is 8.14. The van der Waals surface area contributed by atoms with Crippen LogP contribution in [-0.2, 0) is 0 Å². The van der Waals surface area contributed by atoms with Crippen LogP contribution in [0, 0.1) is 0 Å². The number of ketones is 1. The van der Waals surface area contributed by atoms with Gasteiger partial charge in [-0.05, 0) is 34.4 Å². The van der Waals surface area contributed by atoms with Crippen molar-refractivity contribution in [2.75, 3.05) is 0 Å². The molecule has 0 aliphatic carbocycles. The first kappa shape index (κ1) is 28.7. The van der Waals surface area contributed by atoms with Crippen molar-refractivity contribution in [1.82, 2.24) is 4.98 Å². The van der Waals surface area contributed by atoms with Gasteiger partial charge in [0, 0.05) is 27.6 Å². The van der Waals surface area contributed by atoms with E-state index in [1.165, 1.54) is 0 Å². The Morgan fingerprint density at radius 1 is 0.511 bits per heavy atom. The van der Waals surface area contributed by atoms with Crippen molar-refractivity contribution in [2.24, 2.45) is 0 Å². The highest BCUT2D eigenvalue weighted by Gasteiger charge is 2.29. The third kappa shape index (κ3) is 5.44. The van der Waals surface area contributed by atoms with Gasteiger partial charge in [-0.15, -0.1) is 0 Å². The largest absolute Gasteiger partial charge is 0.293 e. The first-order valence-electron chi connectivity index (χ1n) is 14.8. The van der Waals surface area contributed by atoms with E-state index < -0.39 is 5.92 Å². The zero-order valence-electron chi connectivity index (χ0n) is 24.2. The van der Waals surface area contributed by atoms with Gasteiger partial charge < -0.3 is 0 Å². The zero-order chi connectivity index (χ0) is 30.8. The monoisotopic (exact) mass is 619 g/mol. The summed E-state index contributed by atoms with van der Waals surface area (Å²) in [5, 5.41) is 1.94. The fourth-order valence-electron chi connectivity index (χ4n) is 6.12. The summed E-state index contributed by atoms with van der Waals surface area (Å²) >= 11 is 13.8. The Morgan fingerprint density at radius 2 is 1.02 bits per heavy atom. The summed E-state index contributed by atoms with van der Waals surface area (Å²) in [5.41, 5.74) is 8.32. The van der Waals surface area contributed by atoms with Gasteiger partial charge in [0.1, 0.15) is 0 Å². The highest BCUT2D eigenvalue weighted by atomic mass is 35.5. The van der Waals surface area contributed by atoms with Gasteiger partial charge in [-0.2, -0.15) is 0 Å². The molecule has 7 aromatic rings. The van der Waals surface area contributed by atoms with E-state index >= 15 is 0 Å². The minimum atomic E-state index is -0.592. The molecule has 0 aliphatic heterocycles. The minimum absolute atomic E-state index is 0.00169. The number of para-hydroxylation sites is 1. The standard InChI is InChI=1S/C41H27Cl2NO/c42-33-25-14-26-34(43)38(33)40-37(29-19-9-3-10-20-29)35(27-15-5-1-6-16-27)31-23-13-24-32(39(31)44-40)36(28-17-7-2-8-18-28)41(45)30-21-11-4-12-22-30/h1-26,36H. The molecule has 45 heavy (non-hydrogen) atoms. The van der Waals surface area contributed by atoms with Gasteiger partial charge in [0.05, 0.1) is 27.2 Å². The molecule has 0 bridgehead atoms. The molecule has 6 aromatic carbocycles. The molecule has 0 aliphatic rings. The molecule has 1 atom stereocenters. The Bertz CT molecular complexity index is 2110. The lowest BCUT2D eigenvalue weighted by Crippen LogP contribution is -2.15. The van der Waals surface area contributed by atoms with E-state index in [-0.39, 0.29) is 5.78 Å². The summed E-state index contributed by atoms with van der Waals surface area (Å²) in [6.45, 7) is 0. The number of carbonyl (C=O) groups excluding carboxylic acids is 1. The molecule has 0 radical (unpaired) electrons. The van der Waals surface area contributed by atoms with Crippen LogP contribution in [0.3, 0.4) is 0 Å². The van der Waals surface area contributed by atoms with Crippen LogP contribution < -0.4 is 0 Å². The lowest BCUT2D eigenvalue weighted by molar-refractivity contribution is 0.0974. The second-order valence-electron chi connectivity index (χ2n) is 10.9. The number of rotatable bonds is 7. The number of benzene rings is 6. The van der Waals surface area contributed by atoms with Gasteiger partial charge >= 0.3 is 0 Å². The van der Waals surface area contributed by atoms with Crippen molar-refractivity contribution >= 4 is 39.9 Å². The molecule has 7 rings (SSSR count). The van der Waals surface area contributed by atoms with E-state index in [2.05, 4.69) is 30.3 Å². The minimum Gasteiger partial charge on any atom is -0.293 e. The van der Waals surface area contributed by atoms with Crippen molar-refractivity contribution in [3.63, 3.8) is 0 Å². The molecule has 2 nitrogen and oxygen atoms in total. The Labute approximate surface area is 272 Å². The fraction of sp³-hybridized carbons (Fsp3) is 0.0244. The summed E-state index contributed by atoms with van der Waals surface area (Å²) in [6, 6.07) is 51.5. The van der Waals surface area contributed by atoms with Gasteiger partial charge in [-0.3, -0.25) is 4.79 Å². The van der Waals surface area contributed by atoms with Gasteiger partial charge in [-0.1, -0.05) is 169 Å². The highest BCUT2D eigenvalue weighted by molar-refractivity contribution is 6.39. The van der Waals surface area contributed by atoms with Crippen LogP contribution in [0.1, 0.15) is 27.4 Å². The lowest BCUT2D eigenvalue weighted by atomic mass is 9.81. The smallest absolute Gasteiger partial charge is 0.174 e. The van der Waals surface area contributed by atoms with Crippen LogP contribution in [0.15, 0.2) is 158 Å². The third-order valence-corrected chi connectivity index (χ3v) is 8.77. The van der Waals surface area contributed by atoms with Crippen molar-refractivity contribution < 1.29 is 4.79 Å². The molecule has 4 heteroatoms. The average Bonchev–Trinajstić information content (AvgIpc) is 3.09. The quantitative estimate of drug-likeness (QED) is 0.166. The highest BCUT2D eigenvalue weighted by Crippen LogP contribution is 2.48. The van der Waals surface area contributed by atoms with E-state index in [0.29, 0.717) is 26.9 Å². The summed E-state index contributed by atoms with van der Waals surface area (Å²) in [7, 11) is 0. The molecule has 1 heterocycles. The lowest BCUT2D eigenvalue weighted by Gasteiger charge is -2.23. The van der Waals surface area contributed by atoms with E-state index in [1.807, 2.05) is 127 Å². The van der Waals surface area contributed by atoms with E-state index in [1.54, 1.807) is 0 Å². The molecule has 0 saturated carbocycles. The normalized spacial score (nSPS) is 11.8. The van der Waals surface area contributed by atoms with E-state index in [4.69, 9.17) is 28.2 Å². The van der Waals surface area contributed by atoms with E-state index in [0.717, 1.165) is 44.3 Å². The van der Waals surface area contributed by atoms with Crippen LogP contribution in [-0.4, -0.2) is 10.8 Å². The van der Waals surface area contributed by atoms with Crippen LogP contribution in [0.5, 0.6) is 0 Å². The first-order chi connectivity index (χ1) is 22.1. The van der Waals surface area contributed by atoms with Crippen LogP contribution in [0.2, 0.25) is 10.0 Å². The summed E-state index contributed by atoms with van der Waals surface area (Å²) in [5.74, 6) is -0.590. The number of Topliss-reactive ketones (excluding diaryl/α,β-unsaturated/α-hetero) is 1. The predicted molar refractivity (Wildman–Crippen MR) is 187 cm³/mol. The van der Waals surface area contributed by atoms with Crippen molar-refractivity contribution in [3.8, 4) is 33.5 Å². The number of carbonyl (C=O) groups is 1. The Kier molecular flexibility index (Phi) is 8.00. The molecule has 0 saturated heterocycles. The molecule has 0 amide bonds. The van der Waals surface area contributed by atoms with Gasteiger partial charge in [0.2, 0.25) is 0 Å². The molecule has 0 spiro atoms. The van der Waals surface area contributed by atoms with Gasteiger partial charge in [0.15, 0.2) is 5.78 Å². The topological polar surface area (TPSA) is 30.0 Å². The number of pyridine rings is 1. The van der Waals surface area contributed by atoms with Crippen molar-refractivity contribution in [3.05, 3.63) is 184 Å². The molecule has 1 aromatic heterocycles. The molecule has 1 unspecified atom stereocenters. The number of aromatic nitrogens is 1. The van der Waals surface area contributed by atoms with Gasteiger partial charge in [0.25, 0.3) is 0 Å². The van der Waals surface area contributed by atoms with Crippen LogP contribution >= 0.6 is 23.2 Å². The SMILES string of the molecule is O=C(c1ccccc1)C(c1ccccc1)c1cccc2c(-c3ccccc3)c(-c3ccccc3)c(-c3c(Cl)cccc3Cl)nc12. The van der Waals surface area contributed by atoms with Crippen molar-refractivity contribution in [1.29, 1.82) is 0 Å². The Morgan fingerprint density at radius 3 is 1.62 bits per heavy atom. The first-order valence-corrected chi connectivity index (χ1v) is 15.5. The summed E-state index contributed by atoms with van der Waals surface area (Å²) in [4.78, 5) is 19.9. The zero-order valence-corrected chi connectivity index (χ0v) is 25.7. The Balaban J connectivity index is 1.64. The average molecular weight is 621 g/mol. The van der Waals surface area contributed by atoms with Crippen molar-refractivity contribution in [2.45, 2.75) is 5.92 Å². The molecule has 0 N–H and O–H groups in total. The van der Waals surface area contributed by atoms with Crippen LogP contribution in [0.4, 0.5) is 0 Å².